The van der Waals surface area contributed by atoms with Gasteiger partial charge in [-0.05, 0) is 11.6 Å². The number of H-pyrrole nitrogens is 1. The summed E-state index contributed by atoms with van der Waals surface area (Å²) in [6.45, 7) is 0.0748. The molecule has 1 atom stereocenters. The van der Waals surface area contributed by atoms with E-state index in [0.29, 0.717) is 17.9 Å². The normalized spacial score (nSPS) is 16.6. The lowest BCUT2D eigenvalue weighted by molar-refractivity contribution is -0.127. The lowest BCUT2D eigenvalue weighted by Gasteiger charge is -2.10. The Hall–Kier alpha value is -3.87. The smallest absolute Gasteiger partial charge is 0.325 e. The molecule has 3 amide bonds. The zero-order valence-corrected chi connectivity index (χ0v) is 15.5. The van der Waals surface area contributed by atoms with Gasteiger partial charge in [-0.1, -0.05) is 53.7 Å². The number of carbonyl (C=O) groups is 2. The number of benzene rings is 2. The summed E-state index contributed by atoms with van der Waals surface area (Å²) in [5, 5.41) is 7.85. The number of hydrogen-bond acceptors (Lipinski definition) is 4. The second kappa shape index (κ2) is 6.94. The van der Waals surface area contributed by atoms with Gasteiger partial charge in [-0.2, -0.15) is 0 Å². The van der Waals surface area contributed by atoms with Gasteiger partial charge < -0.3 is 14.8 Å². The first-order valence-corrected chi connectivity index (χ1v) is 9.37. The highest BCUT2D eigenvalue weighted by atomic mass is 16.5. The van der Waals surface area contributed by atoms with Crippen molar-refractivity contribution in [2.24, 2.45) is 0 Å². The third-order valence-corrected chi connectivity index (χ3v) is 5.14. The van der Waals surface area contributed by atoms with E-state index in [1.165, 1.54) is 4.90 Å². The molecule has 0 spiro atoms. The van der Waals surface area contributed by atoms with E-state index < -0.39 is 12.1 Å². The quantitative estimate of drug-likeness (QED) is 0.514. The summed E-state index contributed by atoms with van der Waals surface area (Å²) >= 11 is 0. The van der Waals surface area contributed by atoms with Gasteiger partial charge in [0, 0.05) is 35.2 Å². The largest absolute Gasteiger partial charge is 0.361 e. The van der Waals surface area contributed by atoms with Gasteiger partial charge in [0.1, 0.15) is 11.7 Å². The summed E-state index contributed by atoms with van der Waals surface area (Å²) in [7, 11) is 0. The van der Waals surface area contributed by atoms with Gasteiger partial charge in [0.15, 0.2) is 5.76 Å². The van der Waals surface area contributed by atoms with Crippen LogP contribution >= 0.6 is 0 Å². The van der Waals surface area contributed by atoms with Crippen molar-refractivity contribution >= 4 is 22.8 Å². The maximum Gasteiger partial charge on any atom is 0.325 e. The molecular formula is C22H18N4O3. The number of para-hydroxylation sites is 1. The second-order valence-corrected chi connectivity index (χ2v) is 7.04. The lowest BCUT2D eigenvalue weighted by Crippen LogP contribution is -2.32. The highest BCUT2D eigenvalue weighted by Gasteiger charge is 2.38. The number of urea groups is 1. The molecule has 1 fully saturated rings. The standard InChI is InChI=1S/C22H18N4O3/c27-21-19(10-15-12-23-18-9-5-4-8-17(15)18)24-22(28)26(21)13-16-11-20(29-25-16)14-6-2-1-3-7-14/h1-9,11-12,19,23H,10,13H2,(H,24,28). The van der Waals surface area contributed by atoms with Crippen molar-refractivity contribution in [3.05, 3.63) is 78.1 Å². The van der Waals surface area contributed by atoms with Crippen molar-refractivity contribution in [2.75, 3.05) is 0 Å². The molecular weight excluding hydrogens is 368 g/mol. The molecule has 1 saturated heterocycles. The van der Waals surface area contributed by atoms with Crippen molar-refractivity contribution in [1.82, 2.24) is 20.4 Å². The van der Waals surface area contributed by atoms with Crippen LogP contribution in [0.5, 0.6) is 0 Å². The first-order valence-electron chi connectivity index (χ1n) is 9.37. The second-order valence-electron chi connectivity index (χ2n) is 7.04. The summed E-state index contributed by atoms with van der Waals surface area (Å²) in [4.78, 5) is 29.6. The Labute approximate surface area is 166 Å². The molecule has 2 aromatic carbocycles. The molecule has 0 radical (unpaired) electrons. The van der Waals surface area contributed by atoms with Gasteiger partial charge in [0.05, 0.1) is 6.54 Å². The molecule has 29 heavy (non-hydrogen) atoms. The minimum absolute atomic E-state index is 0.0748. The number of rotatable bonds is 5. The fourth-order valence-corrected chi connectivity index (χ4v) is 3.67. The Morgan fingerprint density at radius 1 is 1.03 bits per heavy atom. The van der Waals surface area contributed by atoms with E-state index >= 15 is 0 Å². The zero-order chi connectivity index (χ0) is 19.8. The monoisotopic (exact) mass is 386 g/mol. The Balaban J connectivity index is 1.31. The fourth-order valence-electron chi connectivity index (χ4n) is 3.67. The Bertz CT molecular complexity index is 1190. The molecule has 3 heterocycles. The van der Waals surface area contributed by atoms with Crippen LogP contribution in [0, 0.1) is 0 Å². The van der Waals surface area contributed by atoms with E-state index in [9.17, 15) is 9.59 Å². The van der Waals surface area contributed by atoms with Gasteiger partial charge >= 0.3 is 6.03 Å². The molecule has 2 aromatic heterocycles. The number of amides is 3. The molecule has 1 unspecified atom stereocenters. The number of hydrogen-bond donors (Lipinski definition) is 2. The van der Waals surface area contributed by atoms with Gasteiger partial charge in [0.2, 0.25) is 0 Å². The van der Waals surface area contributed by atoms with Crippen molar-refractivity contribution in [1.29, 1.82) is 0 Å². The highest BCUT2D eigenvalue weighted by molar-refractivity contribution is 6.04. The van der Waals surface area contributed by atoms with Crippen molar-refractivity contribution < 1.29 is 14.1 Å². The molecule has 4 aromatic rings. The third kappa shape index (κ3) is 3.16. The predicted octanol–water partition coefficient (Wildman–Crippen LogP) is 3.49. The maximum absolute atomic E-state index is 12.8. The van der Waals surface area contributed by atoms with Crippen molar-refractivity contribution in [3.8, 4) is 11.3 Å². The fraction of sp³-hybridized carbons (Fsp3) is 0.136. The van der Waals surface area contributed by atoms with Gasteiger partial charge in [0.25, 0.3) is 5.91 Å². The van der Waals surface area contributed by atoms with Crippen LogP contribution in [0.3, 0.4) is 0 Å². The van der Waals surface area contributed by atoms with Gasteiger partial charge in [-0.3, -0.25) is 9.69 Å². The minimum atomic E-state index is -0.595. The Morgan fingerprint density at radius 2 is 1.83 bits per heavy atom. The lowest BCUT2D eigenvalue weighted by atomic mass is 10.1. The molecule has 144 valence electrons. The number of aromatic amines is 1. The summed E-state index contributed by atoms with van der Waals surface area (Å²) in [5.74, 6) is 0.340. The van der Waals surface area contributed by atoms with E-state index in [1.54, 1.807) is 6.07 Å². The Kier molecular flexibility index (Phi) is 4.13. The third-order valence-electron chi connectivity index (χ3n) is 5.14. The average Bonchev–Trinajstić information content (AvgIpc) is 3.45. The van der Waals surface area contributed by atoms with E-state index in [2.05, 4.69) is 15.5 Å². The van der Waals surface area contributed by atoms with Crippen LogP contribution in [-0.2, 0) is 17.8 Å². The maximum atomic E-state index is 12.8. The number of imide groups is 1. The first kappa shape index (κ1) is 17.2. The van der Waals surface area contributed by atoms with Crippen LogP contribution in [0.25, 0.3) is 22.2 Å². The van der Waals surface area contributed by atoms with Crippen LogP contribution < -0.4 is 5.32 Å². The van der Waals surface area contributed by atoms with Crippen LogP contribution in [0.2, 0.25) is 0 Å². The highest BCUT2D eigenvalue weighted by Crippen LogP contribution is 2.23. The van der Waals surface area contributed by atoms with E-state index in [0.717, 1.165) is 22.0 Å². The Morgan fingerprint density at radius 3 is 2.69 bits per heavy atom. The SMILES string of the molecule is O=C1NC(Cc2c[nH]c3ccccc23)C(=O)N1Cc1cc(-c2ccccc2)on1. The van der Waals surface area contributed by atoms with Crippen molar-refractivity contribution in [3.63, 3.8) is 0 Å². The van der Waals surface area contributed by atoms with Crippen LogP contribution in [0.4, 0.5) is 4.79 Å². The number of aromatic nitrogens is 2. The van der Waals surface area contributed by atoms with Gasteiger partial charge in [-0.15, -0.1) is 0 Å². The number of fused-ring (bicyclic) bond motifs is 1. The molecule has 5 rings (SSSR count). The van der Waals surface area contributed by atoms with E-state index in [4.69, 9.17) is 4.52 Å². The summed E-state index contributed by atoms with van der Waals surface area (Å²) < 4.78 is 5.37. The summed E-state index contributed by atoms with van der Waals surface area (Å²) in [6.07, 6.45) is 2.32. The molecule has 7 heteroatoms. The van der Waals surface area contributed by atoms with Gasteiger partial charge in [-0.25, -0.2) is 4.79 Å². The van der Waals surface area contributed by atoms with Crippen LogP contribution in [0.15, 0.2) is 71.4 Å². The summed E-state index contributed by atoms with van der Waals surface area (Å²) in [5.41, 5.74) is 3.42. The molecule has 2 N–H and O–H groups in total. The molecule has 0 bridgehead atoms. The average molecular weight is 386 g/mol. The first-order chi connectivity index (χ1) is 14.2. The molecule has 1 aliphatic rings. The summed E-state index contributed by atoms with van der Waals surface area (Å²) in [6, 6.07) is 18.2. The van der Waals surface area contributed by atoms with E-state index in [1.807, 2.05) is 60.8 Å². The molecule has 1 aliphatic heterocycles. The molecule has 0 saturated carbocycles. The predicted molar refractivity (Wildman–Crippen MR) is 107 cm³/mol. The molecule has 7 nitrogen and oxygen atoms in total. The molecule has 0 aliphatic carbocycles. The van der Waals surface area contributed by atoms with Crippen LogP contribution in [0.1, 0.15) is 11.3 Å². The van der Waals surface area contributed by atoms with Crippen molar-refractivity contribution in [2.45, 2.75) is 19.0 Å². The van der Waals surface area contributed by atoms with Crippen LogP contribution in [-0.4, -0.2) is 33.0 Å². The zero-order valence-electron chi connectivity index (χ0n) is 15.5. The number of nitrogens with zero attached hydrogens (tertiary/aromatic N) is 2. The number of nitrogens with one attached hydrogen (secondary N) is 2. The minimum Gasteiger partial charge on any atom is -0.361 e. The topological polar surface area (TPSA) is 91.2 Å². The van der Waals surface area contributed by atoms with E-state index in [-0.39, 0.29) is 12.5 Å². The number of carbonyl (C=O) groups excluding carboxylic acids is 2.